The maximum Gasteiger partial charge on any atom is 0.244 e. The van der Waals surface area contributed by atoms with Gasteiger partial charge in [-0.25, -0.2) is 18.1 Å². The van der Waals surface area contributed by atoms with Crippen LogP contribution in [0.5, 0.6) is 0 Å². The molecule has 0 amide bonds. The van der Waals surface area contributed by atoms with Gasteiger partial charge in [-0.05, 0) is 6.07 Å². The van der Waals surface area contributed by atoms with Crippen LogP contribution in [-0.4, -0.2) is 29.9 Å². The number of pyridine rings is 1. The van der Waals surface area contributed by atoms with Gasteiger partial charge in [-0.3, -0.25) is 10.8 Å². The zero-order chi connectivity index (χ0) is 13.7. The third kappa shape index (κ3) is 3.28. The predicted molar refractivity (Wildman–Crippen MR) is 69.5 cm³/mol. The number of nitrogens with zero attached hydrogens (tertiary/aromatic N) is 2. The molecule has 19 heavy (non-hydrogen) atoms. The standard InChI is InChI=1S/C10H14N6O2S/c11-16-9-2-3-12-6-10(9)19(17,18)15-4-1-8-5-13-7-14-8/h2-3,5-7,15H,1,4,11H2,(H,12,16)(H,13,14). The summed E-state index contributed by atoms with van der Waals surface area (Å²) in [4.78, 5) is 10.6. The highest BCUT2D eigenvalue weighted by Gasteiger charge is 2.17. The van der Waals surface area contributed by atoms with Gasteiger partial charge in [-0.15, -0.1) is 0 Å². The lowest BCUT2D eigenvalue weighted by molar-refractivity contribution is 0.581. The fourth-order valence-electron chi connectivity index (χ4n) is 1.53. The summed E-state index contributed by atoms with van der Waals surface area (Å²) in [5.41, 5.74) is 3.48. The van der Waals surface area contributed by atoms with Crippen molar-refractivity contribution in [3.05, 3.63) is 36.7 Å². The van der Waals surface area contributed by atoms with Gasteiger partial charge in [-0.2, -0.15) is 0 Å². The first-order chi connectivity index (χ1) is 9.13. The molecule has 8 nitrogen and oxygen atoms in total. The van der Waals surface area contributed by atoms with Crippen molar-refractivity contribution in [3.8, 4) is 0 Å². The van der Waals surface area contributed by atoms with E-state index in [0.717, 1.165) is 5.69 Å². The van der Waals surface area contributed by atoms with Gasteiger partial charge in [-0.1, -0.05) is 0 Å². The van der Waals surface area contributed by atoms with Gasteiger partial charge in [0.2, 0.25) is 10.0 Å². The third-order valence-electron chi connectivity index (χ3n) is 2.47. The van der Waals surface area contributed by atoms with E-state index in [0.29, 0.717) is 12.1 Å². The second kappa shape index (κ2) is 5.78. The molecule has 2 heterocycles. The molecule has 0 saturated carbocycles. The van der Waals surface area contributed by atoms with Crippen LogP contribution in [0.25, 0.3) is 0 Å². The summed E-state index contributed by atoms with van der Waals surface area (Å²) in [7, 11) is -3.65. The maximum atomic E-state index is 12.1. The SMILES string of the molecule is NNc1ccncc1S(=O)(=O)NCCc1cnc[nH]1. The molecule has 0 aliphatic rings. The van der Waals surface area contributed by atoms with Crippen molar-refractivity contribution in [2.45, 2.75) is 11.3 Å². The van der Waals surface area contributed by atoms with E-state index < -0.39 is 10.0 Å². The van der Waals surface area contributed by atoms with E-state index >= 15 is 0 Å². The normalized spacial score (nSPS) is 11.4. The number of rotatable bonds is 6. The first-order valence-electron chi connectivity index (χ1n) is 5.51. The Morgan fingerprint density at radius 2 is 2.16 bits per heavy atom. The molecule has 0 aliphatic heterocycles. The molecule has 2 rings (SSSR count). The maximum absolute atomic E-state index is 12.1. The highest BCUT2D eigenvalue weighted by Crippen LogP contribution is 2.17. The van der Waals surface area contributed by atoms with E-state index in [-0.39, 0.29) is 11.4 Å². The minimum Gasteiger partial charge on any atom is -0.348 e. The zero-order valence-electron chi connectivity index (χ0n) is 10.00. The number of hydrazine groups is 1. The third-order valence-corrected chi connectivity index (χ3v) is 3.96. The van der Waals surface area contributed by atoms with Gasteiger partial charge in [0.15, 0.2) is 0 Å². The molecular formula is C10H14N6O2S. The molecule has 0 bridgehead atoms. The lowest BCUT2D eigenvalue weighted by Gasteiger charge is -2.09. The number of aromatic amines is 1. The quantitative estimate of drug-likeness (QED) is 0.422. The molecular weight excluding hydrogens is 268 g/mol. The molecule has 0 atom stereocenters. The first kappa shape index (κ1) is 13.5. The van der Waals surface area contributed by atoms with E-state index in [1.165, 1.54) is 18.5 Å². The molecule has 0 saturated heterocycles. The van der Waals surface area contributed by atoms with Crippen LogP contribution in [0.3, 0.4) is 0 Å². The number of nitrogens with two attached hydrogens (primary N) is 1. The summed E-state index contributed by atoms with van der Waals surface area (Å²) < 4.78 is 26.6. The van der Waals surface area contributed by atoms with E-state index in [9.17, 15) is 8.42 Å². The van der Waals surface area contributed by atoms with Crippen molar-refractivity contribution < 1.29 is 8.42 Å². The van der Waals surface area contributed by atoms with Crippen LogP contribution in [0.1, 0.15) is 5.69 Å². The molecule has 5 N–H and O–H groups in total. The van der Waals surface area contributed by atoms with Gasteiger partial charge in [0.1, 0.15) is 4.90 Å². The minimum atomic E-state index is -3.65. The molecule has 0 fully saturated rings. The lowest BCUT2D eigenvalue weighted by Crippen LogP contribution is -2.27. The average molecular weight is 282 g/mol. The number of anilines is 1. The second-order valence-corrected chi connectivity index (χ2v) is 5.48. The Kier molecular flexibility index (Phi) is 4.10. The van der Waals surface area contributed by atoms with Gasteiger partial charge in [0.05, 0.1) is 12.0 Å². The topological polar surface area (TPSA) is 126 Å². The van der Waals surface area contributed by atoms with Crippen molar-refractivity contribution >= 4 is 15.7 Å². The molecule has 0 unspecified atom stereocenters. The summed E-state index contributed by atoms with van der Waals surface area (Å²) in [6, 6.07) is 1.49. The number of hydrogen-bond acceptors (Lipinski definition) is 6. The largest absolute Gasteiger partial charge is 0.348 e. The van der Waals surface area contributed by atoms with Gasteiger partial charge in [0, 0.05) is 37.3 Å². The van der Waals surface area contributed by atoms with Crippen LogP contribution < -0.4 is 16.0 Å². The average Bonchev–Trinajstić information content (AvgIpc) is 2.91. The molecule has 0 aliphatic carbocycles. The molecule has 2 aromatic rings. The molecule has 9 heteroatoms. The van der Waals surface area contributed by atoms with Crippen LogP contribution in [0, 0.1) is 0 Å². The van der Waals surface area contributed by atoms with Crippen molar-refractivity contribution in [1.29, 1.82) is 0 Å². The Balaban J connectivity index is 2.05. The van der Waals surface area contributed by atoms with E-state index in [2.05, 4.69) is 25.1 Å². The van der Waals surface area contributed by atoms with Crippen molar-refractivity contribution in [2.75, 3.05) is 12.0 Å². The van der Waals surface area contributed by atoms with Crippen molar-refractivity contribution in [2.24, 2.45) is 5.84 Å². The summed E-state index contributed by atoms with van der Waals surface area (Å²) >= 11 is 0. The Labute approximate surface area is 110 Å². The molecule has 0 radical (unpaired) electrons. The first-order valence-corrected chi connectivity index (χ1v) is 6.99. The number of nitrogens with one attached hydrogen (secondary N) is 3. The van der Waals surface area contributed by atoms with Crippen molar-refractivity contribution in [3.63, 3.8) is 0 Å². The summed E-state index contributed by atoms with van der Waals surface area (Å²) in [5, 5.41) is 0. The lowest BCUT2D eigenvalue weighted by atomic mass is 10.3. The molecule has 0 spiro atoms. The Bertz CT molecular complexity index is 625. The summed E-state index contributed by atoms with van der Waals surface area (Å²) in [5.74, 6) is 5.27. The molecule has 0 aromatic carbocycles. The van der Waals surface area contributed by atoms with E-state index in [1.807, 2.05) is 0 Å². The minimum absolute atomic E-state index is 0.0158. The highest BCUT2D eigenvalue weighted by molar-refractivity contribution is 7.89. The van der Waals surface area contributed by atoms with Gasteiger partial charge < -0.3 is 10.4 Å². The van der Waals surface area contributed by atoms with E-state index in [4.69, 9.17) is 5.84 Å². The zero-order valence-corrected chi connectivity index (χ0v) is 10.8. The Morgan fingerprint density at radius 3 is 2.84 bits per heavy atom. The number of imidazole rings is 1. The van der Waals surface area contributed by atoms with Crippen LogP contribution in [0.15, 0.2) is 35.9 Å². The second-order valence-electron chi connectivity index (χ2n) is 3.74. The smallest absolute Gasteiger partial charge is 0.244 e. The van der Waals surface area contributed by atoms with Crippen LogP contribution in [0.2, 0.25) is 0 Å². The molecule has 2 aromatic heterocycles. The highest BCUT2D eigenvalue weighted by atomic mass is 32.2. The van der Waals surface area contributed by atoms with Crippen LogP contribution >= 0.6 is 0 Å². The van der Waals surface area contributed by atoms with Gasteiger partial charge in [0.25, 0.3) is 0 Å². The van der Waals surface area contributed by atoms with Crippen LogP contribution in [-0.2, 0) is 16.4 Å². The van der Waals surface area contributed by atoms with E-state index in [1.54, 1.807) is 12.5 Å². The summed E-state index contributed by atoms with van der Waals surface area (Å²) in [6.45, 7) is 0.253. The Hall–Kier alpha value is -1.97. The summed E-state index contributed by atoms with van der Waals surface area (Å²) in [6.07, 6.45) is 6.41. The number of nitrogen functional groups attached to an aromatic ring is 1. The molecule has 102 valence electrons. The predicted octanol–water partition coefficient (Wildman–Crippen LogP) is -0.389. The number of aromatic nitrogens is 3. The Morgan fingerprint density at radius 1 is 1.32 bits per heavy atom. The van der Waals surface area contributed by atoms with Crippen molar-refractivity contribution in [1.82, 2.24) is 19.7 Å². The number of sulfonamides is 1. The fraction of sp³-hybridized carbons (Fsp3) is 0.200. The number of hydrogen-bond donors (Lipinski definition) is 4. The van der Waals surface area contributed by atoms with Gasteiger partial charge >= 0.3 is 0 Å². The number of H-pyrrole nitrogens is 1. The monoisotopic (exact) mass is 282 g/mol. The fourth-order valence-corrected chi connectivity index (χ4v) is 2.67. The van der Waals surface area contributed by atoms with Crippen LogP contribution in [0.4, 0.5) is 5.69 Å².